The molecule has 1 N–H and O–H groups in total. The van der Waals surface area contributed by atoms with Crippen LogP contribution in [0.4, 0.5) is 5.69 Å². The molecule has 0 radical (unpaired) electrons. The molecule has 0 saturated carbocycles. The molecule has 7 nitrogen and oxygen atoms in total. The zero-order valence-electron chi connectivity index (χ0n) is 17.5. The molecule has 1 amide bonds. The highest BCUT2D eigenvalue weighted by atomic mass is 79.9. The molecule has 2 aromatic rings. The number of methoxy groups -OCH3 is 2. The van der Waals surface area contributed by atoms with Gasteiger partial charge in [-0.25, -0.2) is 9.59 Å². The number of halogens is 1. The first kappa shape index (κ1) is 23.0. The number of carbonyl (C=O) groups is 3. The van der Waals surface area contributed by atoms with Crippen LogP contribution in [0.5, 0.6) is 0 Å². The molecule has 0 unspecified atom stereocenters. The summed E-state index contributed by atoms with van der Waals surface area (Å²) in [6.45, 7) is 2.50. The molecule has 8 heteroatoms. The van der Waals surface area contributed by atoms with Crippen LogP contribution in [0.1, 0.15) is 39.1 Å². The number of amides is 1. The summed E-state index contributed by atoms with van der Waals surface area (Å²) in [5.74, 6) is -1.45. The Labute approximate surface area is 189 Å². The van der Waals surface area contributed by atoms with E-state index in [1.807, 2.05) is 12.1 Å². The van der Waals surface area contributed by atoms with Crippen LogP contribution in [0.15, 0.2) is 46.9 Å². The van der Waals surface area contributed by atoms with E-state index in [0.717, 1.165) is 36.9 Å². The molecule has 0 aliphatic carbocycles. The average Bonchev–Trinajstić information content (AvgIpc) is 2.79. The third-order valence-corrected chi connectivity index (χ3v) is 5.85. The molecule has 1 saturated heterocycles. The van der Waals surface area contributed by atoms with E-state index in [2.05, 4.69) is 38.3 Å². The Balaban J connectivity index is 1.62. The van der Waals surface area contributed by atoms with Crippen molar-refractivity contribution in [1.82, 2.24) is 4.90 Å². The second-order valence-corrected chi connectivity index (χ2v) is 8.36. The van der Waals surface area contributed by atoms with Gasteiger partial charge in [0.1, 0.15) is 0 Å². The summed E-state index contributed by atoms with van der Waals surface area (Å²) in [5, 5.41) is 2.84. The van der Waals surface area contributed by atoms with E-state index in [9.17, 15) is 14.4 Å². The van der Waals surface area contributed by atoms with Crippen molar-refractivity contribution in [3.63, 3.8) is 0 Å². The average molecular weight is 489 g/mol. The number of benzene rings is 2. The van der Waals surface area contributed by atoms with Crippen LogP contribution in [-0.2, 0) is 20.8 Å². The number of nitrogens with one attached hydrogen (secondary N) is 1. The fraction of sp³-hybridized carbons (Fsp3) is 0.348. The zero-order chi connectivity index (χ0) is 22.4. The van der Waals surface area contributed by atoms with Crippen LogP contribution in [-0.4, -0.2) is 50.1 Å². The summed E-state index contributed by atoms with van der Waals surface area (Å²) in [6, 6.07) is 12.6. The molecule has 1 fully saturated rings. The molecular weight excluding hydrogens is 464 g/mol. The Morgan fingerprint density at radius 1 is 0.968 bits per heavy atom. The van der Waals surface area contributed by atoms with Crippen molar-refractivity contribution in [2.75, 3.05) is 32.6 Å². The number of esters is 2. The monoisotopic (exact) mass is 488 g/mol. The van der Waals surface area contributed by atoms with Gasteiger partial charge >= 0.3 is 11.9 Å². The third kappa shape index (κ3) is 6.15. The molecule has 0 atom stereocenters. The molecule has 1 aliphatic rings. The lowest BCUT2D eigenvalue weighted by Gasteiger charge is -2.31. The van der Waals surface area contributed by atoms with Gasteiger partial charge in [0, 0.05) is 22.6 Å². The molecule has 0 spiro atoms. The lowest BCUT2D eigenvalue weighted by molar-refractivity contribution is -0.121. The first-order valence-corrected chi connectivity index (χ1v) is 10.8. The van der Waals surface area contributed by atoms with E-state index in [-0.39, 0.29) is 23.0 Å². The van der Waals surface area contributed by atoms with Crippen LogP contribution in [0.3, 0.4) is 0 Å². The minimum Gasteiger partial charge on any atom is -0.465 e. The van der Waals surface area contributed by atoms with Gasteiger partial charge in [-0.1, -0.05) is 28.1 Å². The third-order valence-electron chi connectivity index (χ3n) is 5.32. The molecule has 1 aliphatic heterocycles. The number of carbonyl (C=O) groups excluding carboxylic acids is 3. The summed E-state index contributed by atoms with van der Waals surface area (Å²) < 4.78 is 10.5. The van der Waals surface area contributed by atoms with Crippen LogP contribution in [0.2, 0.25) is 0 Å². The Bertz CT molecular complexity index is 919. The second kappa shape index (κ2) is 10.5. The van der Waals surface area contributed by atoms with E-state index in [0.29, 0.717) is 5.69 Å². The SMILES string of the molecule is COC(=O)c1cc(NC(=O)C2CCN(Cc3ccc(Br)cc3)CC2)cc(C(=O)OC)c1. The van der Waals surface area contributed by atoms with Crippen molar-refractivity contribution in [3.8, 4) is 0 Å². The van der Waals surface area contributed by atoms with Crippen LogP contribution in [0, 0.1) is 5.92 Å². The quantitative estimate of drug-likeness (QED) is 0.621. The Hall–Kier alpha value is -2.71. The standard InChI is InChI=1S/C23H25BrN2O5/c1-30-22(28)17-11-18(23(29)31-2)13-20(12-17)25-21(27)16-7-9-26(10-8-16)14-15-3-5-19(24)6-4-15/h3-6,11-13,16H,7-10,14H2,1-2H3,(H,25,27). The van der Waals surface area contributed by atoms with Crippen molar-refractivity contribution in [2.45, 2.75) is 19.4 Å². The number of piperidine rings is 1. The Kier molecular flexibility index (Phi) is 7.81. The van der Waals surface area contributed by atoms with E-state index in [1.54, 1.807) is 0 Å². The maximum Gasteiger partial charge on any atom is 0.337 e. The van der Waals surface area contributed by atoms with E-state index in [1.165, 1.54) is 38.0 Å². The van der Waals surface area contributed by atoms with Gasteiger partial charge in [-0.05, 0) is 61.8 Å². The normalized spacial score (nSPS) is 14.7. The Morgan fingerprint density at radius 3 is 2.03 bits per heavy atom. The van der Waals surface area contributed by atoms with Crippen molar-refractivity contribution < 1.29 is 23.9 Å². The molecule has 1 heterocycles. The van der Waals surface area contributed by atoms with Gasteiger partial charge in [-0.2, -0.15) is 0 Å². The van der Waals surface area contributed by atoms with Crippen molar-refractivity contribution >= 4 is 39.5 Å². The molecule has 3 rings (SSSR count). The number of hydrogen-bond acceptors (Lipinski definition) is 6. The fourth-order valence-electron chi connectivity index (χ4n) is 3.62. The number of hydrogen-bond donors (Lipinski definition) is 1. The van der Waals surface area contributed by atoms with Gasteiger partial charge in [0.15, 0.2) is 0 Å². The van der Waals surface area contributed by atoms with Crippen LogP contribution >= 0.6 is 15.9 Å². The van der Waals surface area contributed by atoms with Gasteiger partial charge in [0.05, 0.1) is 25.3 Å². The minimum atomic E-state index is -0.595. The smallest absolute Gasteiger partial charge is 0.337 e. The number of ether oxygens (including phenoxy) is 2. The largest absolute Gasteiger partial charge is 0.465 e. The predicted octanol–water partition coefficient (Wildman–Crippen LogP) is 3.87. The zero-order valence-corrected chi connectivity index (χ0v) is 19.1. The first-order chi connectivity index (χ1) is 14.9. The number of nitrogens with zero attached hydrogens (tertiary/aromatic N) is 1. The summed E-state index contributed by atoms with van der Waals surface area (Å²) in [6.07, 6.45) is 1.48. The van der Waals surface area contributed by atoms with Gasteiger partial charge in [-0.3, -0.25) is 9.69 Å². The van der Waals surface area contributed by atoms with Gasteiger partial charge in [0.25, 0.3) is 0 Å². The first-order valence-electron chi connectivity index (χ1n) is 9.99. The minimum absolute atomic E-state index is 0.124. The maximum absolute atomic E-state index is 12.8. The van der Waals surface area contributed by atoms with E-state index < -0.39 is 11.9 Å². The lowest BCUT2D eigenvalue weighted by Crippen LogP contribution is -2.37. The van der Waals surface area contributed by atoms with Gasteiger partial charge in [-0.15, -0.1) is 0 Å². The molecule has 0 bridgehead atoms. The Morgan fingerprint density at radius 2 is 1.52 bits per heavy atom. The maximum atomic E-state index is 12.8. The molecule has 0 aromatic heterocycles. The highest BCUT2D eigenvalue weighted by molar-refractivity contribution is 9.10. The summed E-state index contributed by atoms with van der Waals surface area (Å²) in [4.78, 5) is 39.0. The van der Waals surface area contributed by atoms with Crippen molar-refractivity contribution in [3.05, 3.63) is 63.6 Å². The topological polar surface area (TPSA) is 84.9 Å². The van der Waals surface area contributed by atoms with E-state index >= 15 is 0 Å². The molecule has 2 aromatic carbocycles. The van der Waals surface area contributed by atoms with E-state index in [4.69, 9.17) is 9.47 Å². The van der Waals surface area contributed by atoms with Crippen LogP contribution < -0.4 is 5.32 Å². The molecular formula is C23H25BrN2O5. The van der Waals surface area contributed by atoms with Crippen molar-refractivity contribution in [1.29, 1.82) is 0 Å². The molecule has 31 heavy (non-hydrogen) atoms. The number of anilines is 1. The number of rotatable bonds is 6. The second-order valence-electron chi connectivity index (χ2n) is 7.45. The summed E-state index contributed by atoms with van der Waals surface area (Å²) >= 11 is 3.44. The highest BCUT2D eigenvalue weighted by Crippen LogP contribution is 2.23. The fourth-order valence-corrected chi connectivity index (χ4v) is 3.88. The summed E-state index contributed by atoms with van der Waals surface area (Å²) in [7, 11) is 2.51. The van der Waals surface area contributed by atoms with Crippen molar-refractivity contribution in [2.24, 2.45) is 5.92 Å². The molecule has 164 valence electrons. The predicted molar refractivity (Wildman–Crippen MR) is 120 cm³/mol. The van der Waals surface area contributed by atoms with Crippen LogP contribution in [0.25, 0.3) is 0 Å². The van der Waals surface area contributed by atoms with Gasteiger partial charge < -0.3 is 14.8 Å². The highest BCUT2D eigenvalue weighted by Gasteiger charge is 2.25. The number of likely N-dealkylation sites (tertiary alicyclic amines) is 1. The lowest BCUT2D eigenvalue weighted by atomic mass is 9.95. The van der Waals surface area contributed by atoms with Gasteiger partial charge in [0.2, 0.25) is 5.91 Å². The summed E-state index contributed by atoms with van der Waals surface area (Å²) in [5.41, 5.74) is 1.95.